The van der Waals surface area contributed by atoms with Crippen molar-refractivity contribution in [2.75, 3.05) is 32.8 Å². The van der Waals surface area contributed by atoms with Gasteiger partial charge < -0.3 is 14.8 Å². The minimum Gasteiger partial charge on any atom is -0.486 e. The number of ether oxygens (including phenoxy) is 2. The zero-order valence-electron chi connectivity index (χ0n) is 18.8. The second-order valence-electron chi connectivity index (χ2n) is 8.16. The van der Waals surface area contributed by atoms with Gasteiger partial charge in [-0.25, -0.2) is 8.42 Å². The molecule has 2 aromatic carbocycles. The number of nitrogens with zero attached hydrogens (tertiary/aromatic N) is 1. The lowest BCUT2D eigenvalue weighted by Gasteiger charge is -2.28. The maximum atomic E-state index is 12.9. The molecule has 1 heterocycles. The van der Waals surface area contributed by atoms with E-state index in [-0.39, 0.29) is 15.5 Å². The zero-order chi connectivity index (χ0) is 23.5. The second kappa shape index (κ2) is 9.68. The third-order valence-corrected chi connectivity index (χ3v) is 7.92. The molecule has 1 aliphatic heterocycles. The molecule has 0 aromatic heterocycles. The Hall–Kier alpha value is -2.29. The molecule has 7 nitrogen and oxygen atoms in total. The predicted octanol–water partition coefficient (Wildman–Crippen LogP) is 3.85. The van der Waals surface area contributed by atoms with Gasteiger partial charge in [-0.1, -0.05) is 45.4 Å². The van der Waals surface area contributed by atoms with Gasteiger partial charge in [0.2, 0.25) is 10.0 Å². The summed E-state index contributed by atoms with van der Waals surface area (Å²) in [7, 11) is -3.70. The number of amides is 1. The van der Waals surface area contributed by atoms with Crippen molar-refractivity contribution in [3.8, 4) is 11.5 Å². The number of hydrogen-bond donors (Lipinski definition) is 1. The molecule has 3 rings (SSSR count). The minimum atomic E-state index is -3.70. The summed E-state index contributed by atoms with van der Waals surface area (Å²) in [6.45, 7) is 9.56. The number of nitrogens with one attached hydrogen (secondary N) is 1. The normalized spacial score (nSPS) is 13.8. The third-order valence-electron chi connectivity index (χ3n) is 5.54. The van der Waals surface area contributed by atoms with Crippen LogP contribution in [0.2, 0.25) is 5.02 Å². The summed E-state index contributed by atoms with van der Waals surface area (Å²) in [4.78, 5) is 13.0. The molecule has 174 valence electrons. The fraction of sp³-hybridized carbons (Fsp3) is 0.435. The zero-order valence-corrected chi connectivity index (χ0v) is 20.3. The molecular formula is C23H29ClN2O5S. The van der Waals surface area contributed by atoms with E-state index in [0.29, 0.717) is 44.3 Å². The van der Waals surface area contributed by atoms with E-state index in [2.05, 4.69) is 5.32 Å². The lowest BCUT2D eigenvalue weighted by molar-refractivity contribution is 0.0945. The highest BCUT2D eigenvalue weighted by Crippen LogP contribution is 2.35. The van der Waals surface area contributed by atoms with Gasteiger partial charge in [-0.3, -0.25) is 4.79 Å². The summed E-state index contributed by atoms with van der Waals surface area (Å²) in [6.07, 6.45) is 0. The van der Waals surface area contributed by atoms with Crippen molar-refractivity contribution in [1.29, 1.82) is 0 Å². The van der Waals surface area contributed by atoms with Crippen LogP contribution in [0, 0.1) is 0 Å². The Balaban J connectivity index is 1.78. The number of halogens is 1. The first-order valence-electron chi connectivity index (χ1n) is 10.6. The van der Waals surface area contributed by atoms with E-state index in [0.717, 1.165) is 5.56 Å². The van der Waals surface area contributed by atoms with Crippen LogP contribution in [0.4, 0.5) is 0 Å². The topological polar surface area (TPSA) is 84.9 Å². The molecule has 1 N–H and O–H groups in total. The van der Waals surface area contributed by atoms with Crippen LogP contribution in [0.3, 0.4) is 0 Å². The number of hydrogen-bond acceptors (Lipinski definition) is 5. The van der Waals surface area contributed by atoms with Gasteiger partial charge in [0.1, 0.15) is 13.2 Å². The lowest BCUT2D eigenvalue weighted by atomic mass is 9.84. The molecule has 1 aliphatic rings. The Morgan fingerprint density at radius 2 is 1.72 bits per heavy atom. The standard InChI is InChI=1S/C23H29ClN2O5S/c1-5-26(6-2)32(28,29)17-8-9-19(24)18(14-17)22(27)25-15-23(3,4)16-7-10-20-21(13-16)31-12-11-30-20/h7-10,13-14H,5-6,11-12,15H2,1-4H3,(H,25,27). The lowest BCUT2D eigenvalue weighted by Crippen LogP contribution is -2.37. The molecule has 0 radical (unpaired) electrons. The maximum Gasteiger partial charge on any atom is 0.252 e. The minimum absolute atomic E-state index is 0.0434. The summed E-state index contributed by atoms with van der Waals surface area (Å²) >= 11 is 6.24. The first-order chi connectivity index (χ1) is 15.1. The molecule has 2 aromatic rings. The van der Waals surface area contributed by atoms with E-state index in [1.165, 1.54) is 22.5 Å². The average Bonchev–Trinajstić information content (AvgIpc) is 2.78. The van der Waals surface area contributed by atoms with Crippen LogP contribution in [-0.2, 0) is 15.4 Å². The Kier molecular flexibility index (Phi) is 7.37. The van der Waals surface area contributed by atoms with E-state index in [1.54, 1.807) is 13.8 Å². The van der Waals surface area contributed by atoms with Crippen LogP contribution in [0.25, 0.3) is 0 Å². The van der Waals surface area contributed by atoms with Crippen LogP contribution in [-0.4, -0.2) is 51.5 Å². The van der Waals surface area contributed by atoms with Crippen molar-refractivity contribution in [3.05, 3.63) is 52.5 Å². The van der Waals surface area contributed by atoms with E-state index >= 15 is 0 Å². The molecule has 0 bridgehead atoms. The summed E-state index contributed by atoms with van der Waals surface area (Å²) in [5.41, 5.74) is 0.687. The molecule has 0 fully saturated rings. The molecule has 1 amide bonds. The van der Waals surface area contributed by atoms with E-state index < -0.39 is 21.3 Å². The van der Waals surface area contributed by atoms with Crippen molar-refractivity contribution in [1.82, 2.24) is 9.62 Å². The average molecular weight is 481 g/mol. The predicted molar refractivity (Wildman–Crippen MR) is 124 cm³/mol. The highest BCUT2D eigenvalue weighted by molar-refractivity contribution is 7.89. The molecule has 32 heavy (non-hydrogen) atoms. The molecule has 0 aliphatic carbocycles. The number of carbonyl (C=O) groups excluding carboxylic acids is 1. The molecule has 9 heteroatoms. The fourth-order valence-electron chi connectivity index (χ4n) is 3.51. The molecule has 0 saturated carbocycles. The van der Waals surface area contributed by atoms with Gasteiger partial charge in [-0.2, -0.15) is 4.31 Å². The molecule has 0 saturated heterocycles. The SMILES string of the molecule is CCN(CC)S(=O)(=O)c1ccc(Cl)c(C(=O)NCC(C)(C)c2ccc3c(c2)OCCO3)c1. The van der Waals surface area contributed by atoms with Crippen molar-refractivity contribution in [3.63, 3.8) is 0 Å². The van der Waals surface area contributed by atoms with Crippen molar-refractivity contribution < 1.29 is 22.7 Å². The smallest absolute Gasteiger partial charge is 0.252 e. The molecule has 0 unspecified atom stereocenters. The van der Waals surface area contributed by atoms with Gasteiger partial charge >= 0.3 is 0 Å². The summed E-state index contributed by atoms with van der Waals surface area (Å²) in [6, 6.07) is 9.94. The van der Waals surface area contributed by atoms with Gasteiger partial charge in [0.15, 0.2) is 11.5 Å². The first kappa shape index (κ1) is 24.4. The largest absolute Gasteiger partial charge is 0.486 e. The molecule has 0 spiro atoms. The van der Waals surface area contributed by atoms with E-state index in [1.807, 2.05) is 32.0 Å². The van der Waals surface area contributed by atoms with Gasteiger partial charge in [-0.05, 0) is 35.9 Å². The summed E-state index contributed by atoms with van der Waals surface area (Å²) in [5.74, 6) is 0.959. The maximum absolute atomic E-state index is 12.9. The number of rotatable bonds is 8. The Labute approximate surface area is 194 Å². The van der Waals surface area contributed by atoms with Crippen LogP contribution >= 0.6 is 11.6 Å². The highest BCUT2D eigenvalue weighted by atomic mass is 35.5. The van der Waals surface area contributed by atoms with Gasteiger partial charge in [-0.15, -0.1) is 0 Å². The van der Waals surface area contributed by atoms with Crippen LogP contribution in [0.5, 0.6) is 11.5 Å². The quantitative estimate of drug-likeness (QED) is 0.620. The number of fused-ring (bicyclic) bond motifs is 1. The fourth-order valence-corrected chi connectivity index (χ4v) is 5.20. The summed E-state index contributed by atoms with van der Waals surface area (Å²) < 4.78 is 38.2. The number of sulfonamides is 1. The summed E-state index contributed by atoms with van der Waals surface area (Å²) in [5, 5.41) is 3.08. The Bertz CT molecular complexity index is 1100. The second-order valence-corrected chi connectivity index (χ2v) is 10.5. The molecule has 0 atom stereocenters. The van der Waals surface area contributed by atoms with Crippen LogP contribution in [0.15, 0.2) is 41.3 Å². The van der Waals surface area contributed by atoms with Crippen molar-refractivity contribution in [2.24, 2.45) is 0 Å². The van der Waals surface area contributed by atoms with Crippen molar-refractivity contribution >= 4 is 27.5 Å². The number of carbonyl (C=O) groups is 1. The van der Waals surface area contributed by atoms with Crippen LogP contribution in [0.1, 0.15) is 43.6 Å². The van der Waals surface area contributed by atoms with E-state index in [4.69, 9.17) is 21.1 Å². The van der Waals surface area contributed by atoms with Crippen molar-refractivity contribution in [2.45, 2.75) is 38.0 Å². The van der Waals surface area contributed by atoms with Gasteiger partial charge in [0, 0.05) is 25.0 Å². The monoisotopic (exact) mass is 480 g/mol. The van der Waals surface area contributed by atoms with E-state index in [9.17, 15) is 13.2 Å². The number of benzene rings is 2. The van der Waals surface area contributed by atoms with Gasteiger partial charge in [0.05, 0.1) is 15.5 Å². The van der Waals surface area contributed by atoms with Gasteiger partial charge in [0.25, 0.3) is 5.91 Å². The first-order valence-corrected chi connectivity index (χ1v) is 12.4. The Morgan fingerprint density at radius 1 is 1.06 bits per heavy atom. The van der Waals surface area contributed by atoms with Crippen LogP contribution < -0.4 is 14.8 Å². The highest BCUT2D eigenvalue weighted by Gasteiger charge is 2.27. The Morgan fingerprint density at radius 3 is 2.38 bits per heavy atom. The third kappa shape index (κ3) is 5.03. The molecular weight excluding hydrogens is 452 g/mol.